The number of rotatable bonds is 7. The van der Waals surface area contributed by atoms with Gasteiger partial charge in [-0.05, 0) is 31.2 Å². The molecule has 22 heavy (non-hydrogen) atoms. The molecule has 1 heterocycles. The molecule has 0 bridgehead atoms. The van der Waals surface area contributed by atoms with Gasteiger partial charge in [-0.2, -0.15) is 9.29 Å². The molecule has 120 valence electrons. The lowest BCUT2D eigenvalue weighted by Crippen LogP contribution is -2.30. The number of hydrogen-bond acceptors (Lipinski definition) is 6. The molecule has 2 rings (SSSR count). The summed E-state index contributed by atoms with van der Waals surface area (Å²) in [4.78, 5) is 4.37. The van der Waals surface area contributed by atoms with Crippen molar-refractivity contribution in [1.82, 2.24) is 14.4 Å². The maximum atomic E-state index is 12.4. The van der Waals surface area contributed by atoms with Crippen molar-refractivity contribution in [3.8, 4) is 0 Å². The van der Waals surface area contributed by atoms with Crippen LogP contribution in [0.4, 0.5) is 5.69 Å². The van der Waals surface area contributed by atoms with Crippen molar-refractivity contribution in [2.45, 2.75) is 32.2 Å². The van der Waals surface area contributed by atoms with Gasteiger partial charge in [-0.3, -0.25) is 0 Å². The summed E-state index contributed by atoms with van der Waals surface area (Å²) in [5.41, 5.74) is 0.786. The molecular formula is C14H20N4O3S. The number of aryl methyl sites for hydroxylation is 1. The van der Waals surface area contributed by atoms with Crippen LogP contribution < -0.4 is 5.32 Å². The second-order valence-corrected chi connectivity index (χ2v) is 6.64. The van der Waals surface area contributed by atoms with Gasteiger partial charge in [-0.15, -0.1) is 0 Å². The first-order valence-corrected chi connectivity index (χ1v) is 8.54. The van der Waals surface area contributed by atoms with Gasteiger partial charge in [0.1, 0.15) is 0 Å². The van der Waals surface area contributed by atoms with Crippen molar-refractivity contribution < 1.29 is 12.9 Å². The molecule has 0 aliphatic carbocycles. The SMILES string of the molecule is CCN(CC)S(=O)(=O)c1ccc(NCc2nc(C)no2)cc1. The zero-order valence-electron chi connectivity index (χ0n) is 12.9. The standard InChI is InChI=1S/C14H20N4O3S/c1-4-18(5-2)22(19,20)13-8-6-12(7-9-13)15-10-14-16-11(3)17-21-14/h6-9,15H,4-5,10H2,1-3H3. The monoisotopic (exact) mass is 324 g/mol. The van der Waals surface area contributed by atoms with E-state index in [0.29, 0.717) is 31.3 Å². The lowest BCUT2D eigenvalue weighted by molar-refractivity contribution is 0.379. The van der Waals surface area contributed by atoms with Crippen LogP contribution in [0, 0.1) is 6.92 Å². The van der Waals surface area contributed by atoms with Crippen LogP contribution in [-0.4, -0.2) is 36.0 Å². The van der Waals surface area contributed by atoms with Crippen LogP contribution in [0.15, 0.2) is 33.7 Å². The van der Waals surface area contributed by atoms with Crippen LogP contribution in [0.3, 0.4) is 0 Å². The minimum Gasteiger partial charge on any atom is -0.376 e. The van der Waals surface area contributed by atoms with E-state index in [9.17, 15) is 8.42 Å². The fraction of sp³-hybridized carbons (Fsp3) is 0.429. The lowest BCUT2D eigenvalue weighted by atomic mass is 10.3. The Kier molecular flexibility index (Phi) is 5.15. The van der Waals surface area contributed by atoms with Crippen molar-refractivity contribution >= 4 is 15.7 Å². The van der Waals surface area contributed by atoms with Gasteiger partial charge >= 0.3 is 0 Å². The highest BCUT2D eigenvalue weighted by atomic mass is 32.2. The molecule has 0 unspecified atom stereocenters. The molecule has 0 amide bonds. The largest absolute Gasteiger partial charge is 0.376 e. The summed E-state index contributed by atoms with van der Waals surface area (Å²) in [5.74, 6) is 1.06. The van der Waals surface area contributed by atoms with Crippen LogP contribution >= 0.6 is 0 Å². The molecule has 1 aromatic heterocycles. The molecule has 7 nitrogen and oxygen atoms in total. The van der Waals surface area contributed by atoms with E-state index in [0.717, 1.165) is 5.69 Å². The Labute approximate surface area is 130 Å². The topological polar surface area (TPSA) is 88.3 Å². The Balaban J connectivity index is 2.07. The summed E-state index contributed by atoms with van der Waals surface area (Å²) in [6, 6.07) is 6.63. The maximum Gasteiger partial charge on any atom is 0.245 e. The average Bonchev–Trinajstić information content (AvgIpc) is 2.92. The van der Waals surface area contributed by atoms with E-state index in [1.165, 1.54) is 4.31 Å². The number of nitrogens with one attached hydrogen (secondary N) is 1. The minimum atomic E-state index is -3.42. The summed E-state index contributed by atoms with van der Waals surface area (Å²) in [6.45, 7) is 6.69. The Morgan fingerprint density at radius 2 is 1.82 bits per heavy atom. The molecule has 1 N–H and O–H groups in total. The second kappa shape index (κ2) is 6.89. The summed E-state index contributed by atoms with van der Waals surface area (Å²) in [5, 5.41) is 6.81. The third-order valence-electron chi connectivity index (χ3n) is 3.21. The van der Waals surface area contributed by atoms with Crippen LogP contribution in [0.5, 0.6) is 0 Å². The molecule has 1 aromatic carbocycles. The van der Waals surface area contributed by atoms with Crippen molar-refractivity contribution in [2.24, 2.45) is 0 Å². The van der Waals surface area contributed by atoms with Gasteiger partial charge in [0.05, 0.1) is 11.4 Å². The van der Waals surface area contributed by atoms with Gasteiger partial charge < -0.3 is 9.84 Å². The van der Waals surface area contributed by atoms with Gasteiger partial charge in [0.25, 0.3) is 0 Å². The van der Waals surface area contributed by atoms with Crippen LogP contribution in [0.1, 0.15) is 25.6 Å². The Morgan fingerprint density at radius 3 is 2.32 bits per heavy atom. The predicted octanol–water partition coefficient (Wildman–Crippen LogP) is 2.02. The quantitative estimate of drug-likeness (QED) is 0.838. The Hall–Kier alpha value is -1.93. The first-order chi connectivity index (χ1) is 10.5. The molecule has 2 aromatic rings. The second-order valence-electron chi connectivity index (χ2n) is 4.70. The summed E-state index contributed by atoms with van der Waals surface area (Å²) in [6.07, 6.45) is 0. The number of nitrogens with zero attached hydrogens (tertiary/aromatic N) is 3. The number of hydrogen-bond donors (Lipinski definition) is 1. The van der Waals surface area contributed by atoms with Crippen molar-refractivity contribution in [1.29, 1.82) is 0 Å². The van der Waals surface area contributed by atoms with E-state index >= 15 is 0 Å². The number of aromatic nitrogens is 2. The van der Waals surface area contributed by atoms with E-state index in [1.54, 1.807) is 31.2 Å². The molecule has 0 saturated carbocycles. The highest BCUT2D eigenvalue weighted by Crippen LogP contribution is 2.18. The highest BCUT2D eigenvalue weighted by molar-refractivity contribution is 7.89. The third-order valence-corrected chi connectivity index (χ3v) is 5.27. The van der Waals surface area contributed by atoms with Gasteiger partial charge in [0, 0.05) is 18.8 Å². The third kappa shape index (κ3) is 3.63. The molecule has 0 atom stereocenters. The number of benzene rings is 1. The molecule has 0 aliphatic heterocycles. The zero-order chi connectivity index (χ0) is 16.2. The van der Waals surface area contributed by atoms with Gasteiger partial charge in [0.15, 0.2) is 5.82 Å². The highest BCUT2D eigenvalue weighted by Gasteiger charge is 2.21. The van der Waals surface area contributed by atoms with Gasteiger partial charge in [-0.25, -0.2) is 8.42 Å². The molecular weight excluding hydrogens is 304 g/mol. The normalized spacial score (nSPS) is 11.8. The molecule has 0 aliphatic rings. The molecule has 0 spiro atoms. The van der Waals surface area contributed by atoms with Crippen LogP contribution in [-0.2, 0) is 16.6 Å². The van der Waals surface area contributed by atoms with Crippen molar-refractivity contribution in [3.05, 3.63) is 36.0 Å². The summed E-state index contributed by atoms with van der Waals surface area (Å²) in [7, 11) is -3.42. The zero-order valence-corrected chi connectivity index (χ0v) is 13.7. The lowest BCUT2D eigenvalue weighted by Gasteiger charge is -2.18. The minimum absolute atomic E-state index is 0.287. The van der Waals surface area contributed by atoms with Gasteiger partial charge in [-0.1, -0.05) is 19.0 Å². The van der Waals surface area contributed by atoms with E-state index in [2.05, 4.69) is 15.5 Å². The first kappa shape index (κ1) is 16.4. The Bertz CT molecular complexity index is 706. The smallest absolute Gasteiger partial charge is 0.245 e. The Morgan fingerprint density at radius 1 is 1.18 bits per heavy atom. The van der Waals surface area contributed by atoms with Crippen molar-refractivity contribution in [2.75, 3.05) is 18.4 Å². The first-order valence-electron chi connectivity index (χ1n) is 7.10. The van der Waals surface area contributed by atoms with E-state index in [1.807, 2.05) is 13.8 Å². The van der Waals surface area contributed by atoms with Crippen LogP contribution in [0.2, 0.25) is 0 Å². The fourth-order valence-electron chi connectivity index (χ4n) is 2.05. The molecule has 8 heteroatoms. The average molecular weight is 324 g/mol. The maximum absolute atomic E-state index is 12.4. The van der Waals surface area contributed by atoms with E-state index in [-0.39, 0.29) is 4.90 Å². The molecule has 0 fully saturated rings. The van der Waals surface area contributed by atoms with Crippen molar-refractivity contribution in [3.63, 3.8) is 0 Å². The summed E-state index contributed by atoms with van der Waals surface area (Å²) >= 11 is 0. The molecule has 0 radical (unpaired) electrons. The fourth-order valence-corrected chi connectivity index (χ4v) is 3.50. The number of sulfonamides is 1. The number of anilines is 1. The van der Waals surface area contributed by atoms with E-state index in [4.69, 9.17) is 4.52 Å². The summed E-state index contributed by atoms with van der Waals surface area (Å²) < 4.78 is 31.1. The van der Waals surface area contributed by atoms with Crippen LogP contribution in [0.25, 0.3) is 0 Å². The van der Waals surface area contributed by atoms with Gasteiger partial charge in [0.2, 0.25) is 15.9 Å². The van der Waals surface area contributed by atoms with E-state index < -0.39 is 10.0 Å². The predicted molar refractivity (Wildman–Crippen MR) is 82.9 cm³/mol. The molecule has 0 saturated heterocycles.